The molecule has 2 aliphatic carbocycles. The van der Waals surface area contributed by atoms with Gasteiger partial charge in [0.2, 0.25) is 0 Å². The molecular weight excluding hydrogens is 242 g/mol. The molecule has 3 rings (SSSR count). The number of hydrogen-bond donors (Lipinski definition) is 0. The van der Waals surface area contributed by atoms with Gasteiger partial charge in [0.05, 0.1) is 0 Å². The van der Waals surface area contributed by atoms with E-state index < -0.39 is 0 Å². The van der Waals surface area contributed by atoms with Crippen LogP contribution < -0.4 is 0 Å². The average Bonchev–Trinajstić information content (AvgIpc) is 2.48. The lowest BCUT2D eigenvalue weighted by molar-refractivity contribution is 0.0541. The van der Waals surface area contributed by atoms with Gasteiger partial charge in [0.25, 0.3) is 0 Å². The zero-order valence-corrected chi connectivity index (χ0v) is 13.1. The van der Waals surface area contributed by atoms with Crippen LogP contribution in [0.4, 0.5) is 0 Å². The Kier molecular flexibility index (Phi) is 4.16. The van der Waals surface area contributed by atoms with Gasteiger partial charge in [0.15, 0.2) is 0 Å². The SMILES string of the molecule is CN(C)C1CC(c2ccccc2)CC2(CCCCC2)C1. The van der Waals surface area contributed by atoms with Gasteiger partial charge in [-0.3, -0.25) is 0 Å². The molecule has 1 aromatic rings. The standard InChI is InChI=1S/C19H29N/c1-20(2)18-13-17(16-9-5-3-6-10-16)14-19(15-18)11-7-4-8-12-19/h3,5-6,9-10,17-18H,4,7-8,11-15H2,1-2H3. The van der Waals surface area contributed by atoms with Gasteiger partial charge < -0.3 is 4.90 Å². The van der Waals surface area contributed by atoms with E-state index in [1.807, 2.05) is 0 Å². The zero-order chi connectivity index (χ0) is 14.0. The summed E-state index contributed by atoms with van der Waals surface area (Å²) in [4.78, 5) is 2.48. The summed E-state index contributed by atoms with van der Waals surface area (Å²) in [6.45, 7) is 0. The van der Waals surface area contributed by atoms with Gasteiger partial charge in [-0.05, 0) is 63.1 Å². The summed E-state index contributed by atoms with van der Waals surface area (Å²) in [5.41, 5.74) is 2.22. The molecule has 1 spiro atoms. The fourth-order valence-electron chi connectivity index (χ4n) is 4.68. The van der Waals surface area contributed by atoms with Crippen molar-refractivity contribution < 1.29 is 0 Å². The molecule has 0 bridgehead atoms. The summed E-state index contributed by atoms with van der Waals surface area (Å²) in [6, 6.07) is 12.0. The third kappa shape index (κ3) is 2.93. The molecule has 0 amide bonds. The van der Waals surface area contributed by atoms with Crippen LogP contribution in [0.5, 0.6) is 0 Å². The first-order valence-electron chi connectivity index (χ1n) is 8.40. The highest BCUT2D eigenvalue weighted by molar-refractivity contribution is 5.21. The molecule has 1 heteroatoms. The quantitative estimate of drug-likeness (QED) is 0.744. The van der Waals surface area contributed by atoms with E-state index in [1.165, 1.54) is 51.4 Å². The first-order valence-corrected chi connectivity index (χ1v) is 8.40. The molecule has 0 saturated heterocycles. The van der Waals surface area contributed by atoms with Crippen LogP contribution in [-0.2, 0) is 0 Å². The van der Waals surface area contributed by atoms with Gasteiger partial charge in [-0.2, -0.15) is 0 Å². The number of nitrogens with zero attached hydrogens (tertiary/aromatic N) is 1. The molecule has 2 atom stereocenters. The third-order valence-electron chi connectivity index (χ3n) is 5.82. The fraction of sp³-hybridized carbons (Fsp3) is 0.684. The Hall–Kier alpha value is -0.820. The van der Waals surface area contributed by atoms with Crippen LogP contribution in [0, 0.1) is 5.41 Å². The Labute approximate surface area is 124 Å². The predicted molar refractivity (Wildman–Crippen MR) is 86.0 cm³/mol. The average molecular weight is 271 g/mol. The molecule has 1 aromatic carbocycles. The van der Waals surface area contributed by atoms with Crippen LogP contribution in [0.2, 0.25) is 0 Å². The highest BCUT2D eigenvalue weighted by atomic mass is 15.1. The number of benzene rings is 1. The molecule has 110 valence electrons. The Morgan fingerprint density at radius 3 is 2.30 bits per heavy atom. The van der Waals surface area contributed by atoms with Gasteiger partial charge >= 0.3 is 0 Å². The summed E-state index contributed by atoms with van der Waals surface area (Å²) < 4.78 is 0. The van der Waals surface area contributed by atoms with Crippen LogP contribution in [-0.4, -0.2) is 25.0 Å². The summed E-state index contributed by atoms with van der Waals surface area (Å²) in [5.74, 6) is 0.774. The molecule has 0 N–H and O–H groups in total. The highest BCUT2D eigenvalue weighted by Gasteiger charge is 2.41. The van der Waals surface area contributed by atoms with Crippen molar-refractivity contribution in [2.75, 3.05) is 14.1 Å². The van der Waals surface area contributed by atoms with Crippen molar-refractivity contribution in [2.45, 2.75) is 63.3 Å². The molecule has 0 aromatic heterocycles. The van der Waals surface area contributed by atoms with Gasteiger partial charge in [-0.15, -0.1) is 0 Å². The van der Waals surface area contributed by atoms with E-state index in [1.54, 1.807) is 5.56 Å². The van der Waals surface area contributed by atoms with Gasteiger partial charge in [0.1, 0.15) is 0 Å². The Balaban J connectivity index is 1.83. The van der Waals surface area contributed by atoms with Crippen molar-refractivity contribution in [3.8, 4) is 0 Å². The third-order valence-corrected chi connectivity index (χ3v) is 5.82. The van der Waals surface area contributed by atoms with Gasteiger partial charge in [-0.25, -0.2) is 0 Å². The van der Waals surface area contributed by atoms with Crippen LogP contribution in [0.1, 0.15) is 62.8 Å². The van der Waals surface area contributed by atoms with Crippen LogP contribution in [0.15, 0.2) is 30.3 Å². The Bertz CT molecular complexity index is 417. The van der Waals surface area contributed by atoms with E-state index >= 15 is 0 Å². The molecule has 2 unspecified atom stereocenters. The van der Waals surface area contributed by atoms with E-state index in [0.29, 0.717) is 5.41 Å². The second-order valence-corrected chi connectivity index (χ2v) is 7.43. The van der Waals surface area contributed by atoms with Crippen molar-refractivity contribution in [2.24, 2.45) is 5.41 Å². The summed E-state index contributed by atoms with van der Waals surface area (Å²) in [5, 5.41) is 0. The largest absolute Gasteiger partial charge is 0.306 e. The maximum absolute atomic E-state index is 2.48. The van der Waals surface area contributed by atoms with Crippen molar-refractivity contribution >= 4 is 0 Å². The zero-order valence-electron chi connectivity index (χ0n) is 13.1. The molecule has 0 aliphatic heterocycles. The first kappa shape index (κ1) is 14.1. The highest BCUT2D eigenvalue weighted by Crippen LogP contribution is 2.52. The molecule has 0 radical (unpaired) electrons. The van der Waals surface area contributed by atoms with E-state index in [4.69, 9.17) is 0 Å². The normalized spacial score (nSPS) is 29.8. The van der Waals surface area contributed by atoms with Crippen LogP contribution >= 0.6 is 0 Å². The van der Waals surface area contributed by atoms with Crippen LogP contribution in [0.25, 0.3) is 0 Å². The lowest BCUT2D eigenvalue weighted by Gasteiger charge is -2.48. The molecule has 0 heterocycles. The van der Waals surface area contributed by atoms with Crippen molar-refractivity contribution in [3.63, 3.8) is 0 Å². The fourth-order valence-corrected chi connectivity index (χ4v) is 4.68. The first-order chi connectivity index (χ1) is 9.69. The smallest absolute Gasteiger partial charge is 0.0100 e. The Morgan fingerprint density at radius 2 is 1.65 bits per heavy atom. The number of rotatable bonds is 2. The second kappa shape index (κ2) is 5.89. The number of hydrogen-bond acceptors (Lipinski definition) is 1. The minimum Gasteiger partial charge on any atom is -0.306 e. The summed E-state index contributed by atoms with van der Waals surface area (Å²) in [6.07, 6.45) is 11.5. The topological polar surface area (TPSA) is 3.24 Å². The second-order valence-electron chi connectivity index (χ2n) is 7.43. The monoisotopic (exact) mass is 271 g/mol. The van der Waals surface area contributed by atoms with Crippen LogP contribution in [0.3, 0.4) is 0 Å². The Morgan fingerprint density at radius 1 is 0.950 bits per heavy atom. The maximum Gasteiger partial charge on any atom is 0.0100 e. The van der Waals surface area contributed by atoms with E-state index in [2.05, 4.69) is 49.3 Å². The van der Waals surface area contributed by atoms with E-state index in [9.17, 15) is 0 Å². The van der Waals surface area contributed by atoms with Crippen molar-refractivity contribution in [1.29, 1.82) is 0 Å². The van der Waals surface area contributed by atoms with E-state index in [-0.39, 0.29) is 0 Å². The molecule has 1 nitrogen and oxygen atoms in total. The van der Waals surface area contributed by atoms with Gasteiger partial charge in [-0.1, -0.05) is 49.6 Å². The lowest BCUT2D eigenvalue weighted by Crippen LogP contribution is -2.42. The van der Waals surface area contributed by atoms with Gasteiger partial charge in [0, 0.05) is 6.04 Å². The lowest BCUT2D eigenvalue weighted by atomic mass is 9.60. The molecule has 2 saturated carbocycles. The minimum absolute atomic E-state index is 0.645. The van der Waals surface area contributed by atoms with E-state index in [0.717, 1.165) is 12.0 Å². The minimum atomic E-state index is 0.645. The summed E-state index contributed by atoms with van der Waals surface area (Å²) in [7, 11) is 4.54. The van der Waals surface area contributed by atoms with Crippen molar-refractivity contribution in [1.82, 2.24) is 4.90 Å². The molecule has 20 heavy (non-hydrogen) atoms. The molecule has 2 fully saturated rings. The van der Waals surface area contributed by atoms with Crippen molar-refractivity contribution in [3.05, 3.63) is 35.9 Å². The molecule has 2 aliphatic rings. The molecular formula is C19H29N. The summed E-state index contributed by atoms with van der Waals surface area (Å²) >= 11 is 0. The predicted octanol–water partition coefficient (Wildman–Crippen LogP) is 4.83. The maximum atomic E-state index is 2.48.